The summed E-state index contributed by atoms with van der Waals surface area (Å²) in [5, 5.41) is 1.05. The molecule has 0 saturated carbocycles. The van der Waals surface area contributed by atoms with Gasteiger partial charge in [0.15, 0.2) is 0 Å². The van der Waals surface area contributed by atoms with E-state index in [-0.39, 0.29) is 5.97 Å². The molecule has 16 heavy (non-hydrogen) atoms. The highest BCUT2D eigenvalue weighted by atomic mass is 16.5. The zero-order valence-corrected chi connectivity index (χ0v) is 8.88. The summed E-state index contributed by atoms with van der Waals surface area (Å²) in [5.74, 6) is -0.368. The van der Waals surface area contributed by atoms with Crippen LogP contribution in [-0.2, 0) is 9.53 Å². The van der Waals surface area contributed by atoms with Crippen molar-refractivity contribution in [3.05, 3.63) is 48.2 Å². The average Bonchev–Trinajstić information content (AvgIpc) is 2.35. The first-order valence-corrected chi connectivity index (χ1v) is 4.91. The van der Waals surface area contributed by atoms with E-state index in [9.17, 15) is 4.79 Å². The van der Waals surface area contributed by atoms with Gasteiger partial charge in [-0.15, -0.1) is 0 Å². The van der Waals surface area contributed by atoms with Gasteiger partial charge in [-0.3, -0.25) is 4.98 Å². The summed E-state index contributed by atoms with van der Waals surface area (Å²) >= 11 is 0. The second-order valence-electron chi connectivity index (χ2n) is 3.28. The van der Waals surface area contributed by atoms with Gasteiger partial charge in [-0.2, -0.15) is 0 Å². The van der Waals surface area contributed by atoms with E-state index in [0.29, 0.717) is 0 Å². The van der Waals surface area contributed by atoms with Crippen molar-refractivity contribution in [1.82, 2.24) is 4.98 Å². The number of aromatic nitrogens is 1. The topological polar surface area (TPSA) is 39.2 Å². The molecule has 0 aliphatic heterocycles. The van der Waals surface area contributed by atoms with Crippen molar-refractivity contribution in [1.29, 1.82) is 0 Å². The lowest BCUT2D eigenvalue weighted by Gasteiger charge is -2.00. The molecule has 2 rings (SSSR count). The summed E-state index contributed by atoms with van der Waals surface area (Å²) in [6.45, 7) is 0. The van der Waals surface area contributed by atoms with Gasteiger partial charge in [0.05, 0.1) is 12.6 Å². The minimum atomic E-state index is -0.368. The number of hydrogen-bond acceptors (Lipinski definition) is 3. The van der Waals surface area contributed by atoms with Gasteiger partial charge in [-0.05, 0) is 12.1 Å². The molecular formula is C13H11NO2. The lowest BCUT2D eigenvalue weighted by molar-refractivity contribution is -0.134. The molecule has 0 atom stereocenters. The number of pyridine rings is 1. The van der Waals surface area contributed by atoms with Gasteiger partial charge in [-0.25, -0.2) is 4.79 Å². The molecule has 0 aliphatic carbocycles. The first-order chi connectivity index (χ1) is 7.81. The number of hydrogen-bond donors (Lipinski definition) is 0. The number of para-hydroxylation sites is 1. The number of rotatable bonds is 2. The molecule has 0 unspecified atom stereocenters. The summed E-state index contributed by atoms with van der Waals surface area (Å²) in [7, 11) is 1.36. The normalized spacial score (nSPS) is 10.8. The second-order valence-corrected chi connectivity index (χ2v) is 3.28. The highest BCUT2D eigenvalue weighted by molar-refractivity contribution is 5.92. The maximum atomic E-state index is 11.0. The minimum Gasteiger partial charge on any atom is -0.466 e. The summed E-state index contributed by atoms with van der Waals surface area (Å²) in [4.78, 5) is 15.3. The minimum absolute atomic E-state index is 0.368. The number of benzene rings is 1. The fourth-order valence-electron chi connectivity index (χ4n) is 1.49. The molecular weight excluding hydrogens is 202 g/mol. The van der Waals surface area contributed by atoms with Gasteiger partial charge in [-0.1, -0.05) is 24.3 Å². The van der Waals surface area contributed by atoms with Gasteiger partial charge in [0, 0.05) is 23.2 Å². The number of nitrogens with zero attached hydrogens (tertiary/aromatic N) is 1. The van der Waals surface area contributed by atoms with E-state index in [1.54, 1.807) is 12.3 Å². The summed E-state index contributed by atoms with van der Waals surface area (Å²) < 4.78 is 4.54. The molecule has 0 aliphatic rings. The van der Waals surface area contributed by atoms with Crippen molar-refractivity contribution < 1.29 is 9.53 Å². The molecule has 1 heterocycles. The van der Waals surface area contributed by atoms with Gasteiger partial charge < -0.3 is 4.74 Å². The third-order valence-electron chi connectivity index (χ3n) is 2.26. The van der Waals surface area contributed by atoms with Gasteiger partial charge in [0.25, 0.3) is 0 Å². The standard InChI is InChI=1S/C13H11NO2/c1-16-12(15)8-7-11-5-2-4-10-6-3-9-14-13(10)11/h2-9H,1H3. The molecule has 0 amide bonds. The van der Waals surface area contributed by atoms with E-state index in [0.717, 1.165) is 16.5 Å². The van der Waals surface area contributed by atoms with Crippen molar-refractivity contribution >= 4 is 22.9 Å². The first-order valence-electron chi connectivity index (χ1n) is 4.91. The first kappa shape index (κ1) is 10.4. The van der Waals surface area contributed by atoms with E-state index in [1.165, 1.54) is 13.2 Å². The van der Waals surface area contributed by atoms with Crippen LogP contribution in [0.4, 0.5) is 0 Å². The molecule has 3 nitrogen and oxygen atoms in total. The average molecular weight is 213 g/mol. The fraction of sp³-hybridized carbons (Fsp3) is 0.0769. The number of esters is 1. The SMILES string of the molecule is COC(=O)C=Cc1cccc2cccnc12. The molecule has 3 heteroatoms. The number of methoxy groups -OCH3 is 1. The molecule has 2 aromatic rings. The molecule has 0 spiro atoms. The molecule has 0 saturated heterocycles. The van der Waals surface area contributed by atoms with Crippen molar-refractivity contribution in [3.63, 3.8) is 0 Å². The monoisotopic (exact) mass is 213 g/mol. The van der Waals surface area contributed by atoms with E-state index in [4.69, 9.17) is 0 Å². The predicted octanol–water partition coefficient (Wildman–Crippen LogP) is 2.42. The number of fused-ring (bicyclic) bond motifs is 1. The van der Waals surface area contributed by atoms with Crippen LogP contribution in [0, 0.1) is 0 Å². The Morgan fingerprint density at radius 2 is 2.12 bits per heavy atom. The van der Waals surface area contributed by atoms with Gasteiger partial charge in [0.1, 0.15) is 0 Å². The molecule has 1 aromatic carbocycles. The lowest BCUT2D eigenvalue weighted by Crippen LogP contribution is -1.93. The Bertz CT molecular complexity index is 541. The van der Waals surface area contributed by atoms with Crippen molar-refractivity contribution in [2.75, 3.05) is 7.11 Å². The van der Waals surface area contributed by atoms with Crippen LogP contribution in [0.5, 0.6) is 0 Å². The molecule has 0 N–H and O–H groups in total. The third-order valence-corrected chi connectivity index (χ3v) is 2.26. The Morgan fingerprint density at radius 1 is 1.31 bits per heavy atom. The summed E-state index contributed by atoms with van der Waals surface area (Å²) in [6, 6.07) is 9.70. The molecule has 1 aromatic heterocycles. The van der Waals surface area contributed by atoms with E-state index in [2.05, 4.69) is 9.72 Å². The van der Waals surface area contributed by atoms with Crippen LogP contribution in [0.3, 0.4) is 0 Å². The maximum absolute atomic E-state index is 11.0. The third kappa shape index (κ3) is 2.08. The maximum Gasteiger partial charge on any atom is 0.330 e. The molecule has 0 bridgehead atoms. The van der Waals surface area contributed by atoms with E-state index >= 15 is 0 Å². The van der Waals surface area contributed by atoms with Crippen LogP contribution in [0.25, 0.3) is 17.0 Å². The van der Waals surface area contributed by atoms with Crippen LogP contribution in [0.2, 0.25) is 0 Å². The quantitative estimate of drug-likeness (QED) is 0.568. The van der Waals surface area contributed by atoms with Gasteiger partial charge >= 0.3 is 5.97 Å². The number of carbonyl (C=O) groups is 1. The lowest BCUT2D eigenvalue weighted by atomic mass is 10.1. The Morgan fingerprint density at radius 3 is 2.94 bits per heavy atom. The van der Waals surface area contributed by atoms with E-state index < -0.39 is 0 Å². The Balaban J connectivity index is 2.45. The Hall–Kier alpha value is -2.16. The highest BCUT2D eigenvalue weighted by Gasteiger charge is 1.98. The Kier molecular flexibility index (Phi) is 2.96. The molecule has 0 fully saturated rings. The van der Waals surface area contributed by atoms with Crippen LogP contribution < -0.4 is 0 Å². The Labute approximate surface area is 93.4 Å². The molecule has 80 valence electrons. The van der Waals surface area contributed by atoms with Crippen LogP contribution in [-0.4, -0.2) is 18.1 Å². The van der Waals surface area contributed by atoms with Crippen LogP contribution in [0.1, 0.15) is 5.56 Å². The summed E-state index contributed by atoms with van der Waals surface area (Å²) in [6.07, 6.45) is 4.84. The zero-order valence-electron chi connectivity index (χ0n) is 8.88. The molecule has 0 radical (unpaired) electrons. The summed E-state index contributed by atoms with van der Waals surface area (Å²) in [5.41, 5.74) is 1.79. The zero-order chi connectivity index (χ0) is 11.4. The largest absolute Gasteiger partial charge is 0.466 e. The number of carbonyl (C=O) groups excluding carboxylic acids is 1. The predicted molar refractivity (Wildman–Crippen MR) is 62.8 cm³/mol. The van der Waals surface area contributed by atoms with Crippen LogP contribution in [0.15, 0.2) is 42.6 Å². The fourth-order valence-corrected chi connectivity index (χ4v) is 1.49. The van der Waals surface area contributed by atoms with Crippen molar-refractivity contribution in [2.24, 2.45) is 0 Å². The second kappa shape index (κ2) is 4.57. The number of ether oxygens (including phenoxy) is 1. The van der Waals surface area contributed by atoms with Crippen molar-refractivity contribution in [2.45, 2.75) is 0 Å². The van der Waals surface area contributed by atoms with Gasteiger partial charge in [0.2, 0.25) is 0 Å². The highest BCUT2D eigenvalue weighted by Crippen LogP contribution is 2.16. The van der Waals surface area contributed by atoms with Crippen LogP contribution >= 0.6 is 0 Å². The smallest absolute Gasteiger partial charge is 0.330 e. The van der Waals surface area contributed by atoms with E-state index in [1.807, 2.05) is 30.3 Å². The van der Waals surface area contributed by atoms with Crippen molar-refractivity contribution in [3.8, 4) is 0 Å².